The van der Waals surface area contributed by atoms with Gasteiger partial charge in [0.25, 0.3) is 0 Å². The smallest absolute Gasteiger partial charge is 0.159 e. The second kappa shape index (κ2) is 12.9. The largest absolute Gasteiger partial charge is 0.485 e. The average molecular weight is 880 g/mol. The molecule has 5 heterocycles. The number of benzene rings is 6. The summed E-state index contributed by atoms with van der Waals surface area (Å²) in [4.78, 5) is 0. The van der Waals surface area contributed by atoms with Gasteiger partial charge in [0.15, 0.2) is 5.58 Å². The van der Waals surface area contributed by atoms with Crippen molar-refractivity contribution >= 4 is 83.5 Å². The van der Waals surface area contributed by atoms with Gasteiger partial charge in [0.2, 0.25) is 0 Å². The SMILES string of the molecule is C1=CC2=C(CC1)C1C=Cc3c(c4cc(C5C=CC6C(C5)c5c(ccc7c5oc5ccccc57)C5(C7=c8oc9ccccc9c8=CCC7)CC65)ccc4n3-c3cccc4c3oc3ccccc34)C1O2. The number of ether oxygens (including phenoxy) is 1. The molecule has 0 saturated heterocycles. The van der Waals surface area contributed by atoms with E-state index in [1.807, 2.05) is 0 Å². The van der Waals surface area contributed by atoms with Crippen LogP contribution in [-0.4, -0.2) is 4.57 Å². The normalized spacial score (nSPS) is 26.2. The van der Waals surface area contributed by atoms with Crippen molar-refractivity contribution in [2.75, 3.05) is 0 Å². The Labute approximate surface area is 391 Å². The highest BCUT2D eigenvalue weighted by molar-refractivity contribution is 6.09. The van der Waals surface area contributed by atoms with Gasteiger partial charge in [-0.15, -0.1) is 0 Å². The molecular weight excluding hydrogens is 835 g/mol. The predicted molar refractivity (Wildman–Crippen MR) is 271 cm³/mol. The number of aromatic nitrogens is 1. The summed E-state index contributed by atoms with van der Waals surface area (Å²) in [7, 11) is 0. The summed E-state index contributed by atoms with van der Waals surface area (Å²) in [6.45, 7) is 0. The van der Waals surface area contributed by atoms with Crippen molar-refractivity contribution in [2.45, 2.75) is 61.9 Å². The Kier molecular flexibility index (Phi) is 6.96. The Balaban J connectivity index is 0.848. The average Bonchev–Trinajstić information content (AvgIpc) is 3.83. The van der Waals surface area contributed by atoms with Crippen molar-refractivity contribution in [1.29, 1.82) is 0 Å². The topological polar surface area (TPSA) is 53.6 Å². The third-order valence-electron chi connectivity index (χ3n) is 17.7. The van der Waals surface area contributed by atoms with Gasteiger partial charge in [-0.3, -0.25) is 0 Å². The minimum atomic E-state index is -0.0837. The van der Waals surface area contributed by atoms with E-state index in [9.17, 15) is 0 Å². The molecule has 0 amide bonds. The summed E-state index contributed by atoms with van der Waals surface area (Å²) >= 11 is 0. The summed E-state index contributed by atoms with van der Waals surface area (Å²) in [5, 5.41) is 8.48. The quantitative estimate of drug-likeness (QED) is 0.166. The molecule has 5 nitrogen and oxygen atoms in total. The molecule has 7 unspecified atom stereocenters. The first-order valence-electron chi connectivity index (χ1n) is 24.9. The van der Waals surface area contributed by atoms with Gasteiger partial charge in [0, 0.05) is 65.9 Å². The first-order valence-corrected chi connectivity index (χ1v) is 24.9. The molecule has 0 N–H and O–H groups in total. The summed E-state index contributed by atoms with van der Waals surface area (Å²) in [6.07, 6.45) is 23.1. The maximum Gasteiger partial charge on any atom is 0.159 e. The number of fused-ring (bicyclic) bond motifs is 22. The first-order chi connectivity index (χ1) is 33.7. The molecular formula is C63H45NO4. The molecule has 326 valence electrons. The molecule has 1 saturated carbocycles. The van der Waals surface area contributed by atoms with Crippen molar-refractivity contribution in [3.8, 4) is 5.69 Å². The standard InChI is InChI=1S/C63H45NO4/c1-5-19-53-37(11-1)41-15-9-17-48(59(41)65-53)63-33-49(63)36-25-23-34(31-45(36)57-47(63)28-26-43-39-13-3-7-21-55(39)67-61(43)57)35-24-29-50-46(32-35)58-51(30-27-44-40-14-4-8-22-56(40)68-62(44)58)64(50)52-18-10-16-42-38-12-2-6-20-54(38)66-60(42)52/h1-3,5-8,10-13,15-16,18-30,32,34,36,44-45,49,62H,4,9,14,17,31,33H2. The molecule has 1 aliphatic heterocycles. The van der Waals surface area contributed by atoms with E-state index in [-0.39, 0.29) is 23.4 Å². The van der Waals surface area contributed by atoms with E-state index < -0.39 is 0 Å². The molecule has 7 atom stereocenters. The van der Waals surface area contributed by atoms with Crippen molar-refractivity contribution in [3.05, 3.63) is 202 Å². The highest BCUT2D eigenvalue weighted by Crippen LogP contribution is 2.72. The van der Waals surface area contributed by atoms with Crippen molar-refractivity contribution < 1.29 is 18.0 Å². The number of furan rings is 3. The third-order valence-corrected chi connectivity index (χ3v) is 17.7. The van der Waals surface area contributed by atoms with Gasteiger partial charge < -0.3 is 22.6 Å². The monoisotopic (exact) mass is 879 g/mol. The Bertz CT molecular complexity index is 4200. The van der Waals surface area contributed by atoms with Crippen LogP contribution in [0.15, 0.2) is 176 Å². The second-order valence-electron chi connectivity index (χ2n) is 20.7. The summed E-state index contributed by atoms with van der Waals surface area (Å²) in [5.41, 5.74) is 17.8. The van der Waals surface area contributed by atoms with Crippen LogP contribution in [-0.2, 0) is 10.2 Å². The maximum absolute atomic E-state index is 7.05. The lowest BCUT2D eigenvalue weighted by Gasteiger charge is -2.41. The molecule has 0 bridgehead atoms. The number of hydrogen-bond acceptors (Lipinski definition) is 4. The molecule has 0 radical (unpaired) electrons. The van der Waals surface area contributed by atoms with Gasteiger partial charge in [-0.1, -0.05) is 115 Å². The highest BCUT2D eigenvalue weighted by atomic mass is 16.5. The van der Waals surface area contributed by atoms with Crippen molar-refractivity contribution in [1.82, 2.24) is 4.57 Å². The van der Waals surface area contributed by atoms with Crippen LogP contribution in [0.3, 0.4) is 0 Å². The van der Waals surface area contributed by atoms with Gasteiger partial charge >= 0.3 is 0 Å². The van der Waals surface area contributed by atoms with E-state index in [0.29, 0.717) is 17.8 Å². The molecule has 17 rings (SSSR count). The van der Waals surface area contributed by atoms with E-state index in [2.05, 4.69) is 168 Å². The molecule has 0 spiro atoms. The Morgan fingerprint density at radius 2 is 1.40 bits per heavy atom. The van der Waals surface area contributed by atoms with Crippen LogP contribution in [0.2, 0.25) is 0 Å². The molecule has 6 aliphatic carbocycles. The molecule has 7 aliphatic rings. The Morgan fingerprint density at radius 1 is 0.618 bits per heavy atom. The minimum Gasteiger partial charge on any atom is -0.485 e. The molecule has 4 aromatic heterocycles. The van der Waals surface area contributed by atoms with E-state index in [1.165, 1.54) is 71.4 Å². The molecule has 6 aromatic carbocycles. The summed E-state index contributed by atoms with van der Waals surface area (Å²) in [5.74, 6) is 2.73. The molecule has 10 aromatic rings. The van der Waals surface area contributed by atoms with Crippen LogP contribution in [0.25, 0.3) is 89.2 Å². The number of allylic oxidation sites excluding steroid dienone is 4. The van der Waals surface area contributed by atoms with E-state index in [0.717, 1.165) is 94.1 Å². The zero-order chi connectivity index (χ0) is 44.0. The number of rotatable bonds is 3. The lowest BCUT2D eigenvalue weighted by atomic mass is 9.62. The van der Waals surface area contributed by atoms with Crippen LogP contribution >= 0.6 is 0 Å². The van der Waals surface area contributed by atoms with Crippen LogP contribution in [0.5, 0.6) is 0 Å². The fraction of sp³-hybridized carbons (Fsp3) is 0.206. The summed E-state index contributed by atoms with van der Waals surface area (Å²) < 4.78 is 30.1. The number of hydrogen-bond donors (Lipinski definition) is 0. The van der Waals surface area contributed by atoms with Crippen LogP contribution < -0.4 is 10.6 Å². The van der Waals surface area contributed by atoms with Crippen molar-refractivity contribution in [3.63, 3.8) is 0 Å². The highest BCUT2D eigenvalue weighted by Gasteiger charge is 2.66. The van der Waals surface area contributed by atoms with Crippen molar-refractivity contribution in [2.24, 2.45) is 17.8 Å². The lowest BCUT2D eigenvalue weighted by Crippen LogP contribution is -2.36. The second-order valence-corrected chi connectivity index (χ2v) is 20.7. The number of nitrogens with zero attached hydrogens (tertiary/aromatic N) is 1. The van der Waals surface area contributed by atoms with Crippen LogP contribution in [0, 0.1) is 17.8 Å². The lowest BCUT2D eigenvalue weighted by molar-refractivity contribution is 0.134. The van der Waals surface area contributed by atoms with Crippen LogP contribution in [0.4, 0.5) is 0 Å². The van der Waals surface area contributed by atoms with Gasteiger partial charge in [-0.05, 0) is 127 Å². The summed E-state index contributed by atoms with van der Waals surface area (Å²) in [6, 6.07) is 44.4. The third kappa shape index (κ3) is 4.58. The van der Waals surface area contributed by atoms with E-state index >= 15 is 0 Å². The first kappa shape index (κ1) is 36.6. The zero-order valence-electron chi connectivity index (χ0n) is 37.4. The van der Waals surface area contributed by atoms with Crippen LogP contribution in [0.1, 0.15) is 84.4 Å². The molecule has 1 fully saturated rings. The molecule has 5 heteroatoms. The fourth-order valence-electron chi connectivity index (χ4n) is 14.8. The zero-order valence-corrected chi connectivity index (χ0v) is 37.4. The van der Waals surface area contributed by atoms with E-state index in [1.54, 1.807) is 0 Å². The fourth-order valence-corrected chi connectivity index (χ4v) is 14.8. The van der Waals surface area contributed by atoms with Gasteiger partial charge in [0.1, 0.15) is 39.6 Å². The van der Waals surface area contributed by atoms with E-state index in [4.69, 9.17) is 18.0 Å². The minimum absolute atomic E-state index is 0.0744. The molecule has 68 heavy (non-hydrogen) atoms. The van der Waals surface area contributed by atoms with Gasteiger partial charge in [-0.2, -0.15) is 0 Å². The van der Waals surface area contributed by atoms with Gasteiger partial charge in [0.05, 0.1) is 16.9 Å². The van der Waals surface area contributed by atoms with Gasteiger partial charge in [-0.25, -0.2) is 0 Å². The maximum atomic E-state index is 7.05. The predicted octanol–water partition coefficient (Wildman–Crippen LogP) is 14.6. The number of para-hydroxylation sites is 4. The Morgan fingerprint density at radius 3 is 2.26 bits per heavy atom. The Hall–Kier alpha value is -7.50.